The summed E-state index contributed by atoms with van der Waals surface area (Å²) in [6.07, 6.45) is 1.80. The van der Waals surface area contributed by atoms with Crippen LogP contribution in [0.2, 0.25) is 5.15 Å². The van der Waals surface area contributed by atoms with Crippen molar-refractivity contribution in [3.05, 3.63) is 64.9 Å². The number of Topliss-reactive ketones (excluding diaryl/α,β-unsaturated/α-hetero) is 1. The Morgan fingerprint density at radius 1 is 1.18 bits per heavy atom. The number of carbonyl (C=O) groups excluding carboxylic acids is 2. The van der Waals surface area contributed by atoms with E-state index >= 15 is 0 Å². The highest BCUT2D eigenvalue weighted by atomic mass is 35.5. The Kier molecular flexibility index (Phi) is 5.67. The average Bonchev–Trinajstić information content (AvgIpc) is 2.54. The summed E-state index contributed by atoms with van der Waals surface area (Å²) in [4.78, 5) is 28.7. The first-order valence-electron chi connectivity index (χ1n) is 6.98. The van der Waals surface area contributed by atoms with Crippen molar-refractivity contribution in [2.75, 3.05) is 6.61 Å². The van der Waals surface area contributed by atoms with Gasteiger partial charge in [0.05, 0.1) is 6.61 Å². The second kappa shape index (κ2) is 7.71. The summed E-state index contributed by atoms with van der Waals surface area (Å²) in [5.74, 6) is -1.66. The van der Waals surface area contributed by atoms with Crippen molar-refractivity contribution in [3.8, 4) is 0 Å². The van der Waals surface area contributed by atoms with Crippen LogP contribution in [0.4, 0.5) is 0 Å². The van der Waals surface area contributed by atoms with E-state index in [0.717, 1.165) is 5.56 Å². The molecule has 0 aliphatic carbocycles. The third-order valence-corrected chi connectivity index (χ3v) is 3.40. The van der Waals surface area contributed by atoms with Gasteiger partial charge in [-0.2, -0.15) is 0 Å². The highest BCUT2D eigenvalue weighted by molar-refractivity contribution is 6.29. The van der Waals surface area contributed by atoms with Crippen molar-refractivity contribution >= 4 is 23.4 Å². The normalized spacial score (nSPS) is 11.7. The maximum Gasteiger partial charge on any atom is 0.317 e. The smallest absolute Gasteiger partial charge is 0.317 e. The minimum atomic E-state index is -0.884. The summed E-state index contributed by atoms with van der Waals surface area (Å²) < 4.78 is 5.04. The number of ether oxygens (including phenoxy) is 1. The topological polar surface area (TPSA) is 56.3 Å². The molecule has 1 aromatic heterocycles. The van der Waals surface area contributed by atoms with E-state index in [9.17, 15) is 9.59 Å². The lowest BCUT2D eigenvalue weighted by atomic mass is 9.92. The number of aromatic nitrogens is 1. The molecule has 0 aliphatic rings. The first-order valence-corrected chi connectivity index (χ1v) is 7.36. The maximum atomic E-state index is 12.6. The van der Waals surface area contributed by atoms with Crippen LogP contribution in [0.3, 0.4) is 0 Å². The Balaban J connectivity index is 2.24. The molecule has 0 N–H and O–H groups in total. The molecule has 2 rings (SSSR count). The quantitative estimate of drug-likeness (QED) is 0.355. The van der Waals surface area contributed by atoms with Crippen LogP contribution in [0.25, 0.3) is 0 Å². The fraction of sp³-hybridized carbons (Fsp3) is 0.235. The van der Waals surface area contributed by atoms with Gasteiger partial charge in [0.2, 0.25) is 0 Å². The number of nitrogens with zero attached hydrogens (tertiary/aromatic N) is 1. The molecule has 0 fully saturated rings. The summed E-state index contributed by atoms with van der Waals surface area (Å²) in [5, 5.41) is 0.367. The third kappa shape index (κ3) is 4.15. The van der Waals surface area contributed by atoms with Crippen LogP contribution < -0.4 is 0 Å². The predicted molar refractivity (Wildman–Crippen MR) is 83.8 cm³/mol. The Morgan fingerprint density at radius 2 is 1.91 bits per heavy atom. The summed E-state index contributed by atoms with van der Waals surface area (Å²) in [6, 6.07) is 12.1. The Labute approximate surface area is 134 Å². The van der Waals surface area contributed by atoms with Gasteiger partial charge in [0.15, 0.2) is 5.78 Å². The van der Waals surface area contributed by atoms with E-state index in [1.807, 2.05) is 6.07 Å². The van der Waals surface area contributed by atoms with E-state index in [0.29, 0.717) is 10.7 Å². The predicted octanol–water partition coefficient (Wildman–Crippen LogP) is 3.34. The van der Waals surface area contributed by atoms with Crippen molar-refractivity contribution < 1.29 is 14.3 Å². The number of halogens is 1. The molecule has 0 spiro atoms. The maximum absolute atomic E-state index is 12.6. The number of hydrogen-bond donors (Lipinski definition) is 0. The summed E-state index contributed by atoms with van der Waals surface area (Å²) in [7, 11) is 0. The Hall–Kier alpha value is -2.20. The van der Waals surface area contributed by atoms with Crippen molar-refractivity contribution in [3.63, 3.8) is 0 Å². The molecule has 0 radical (unpaired) electrons. The van der Waals surface area contributed by atoms with Crippen LogP contribution in [0.1, 0.15) is 22.8 Å². The molecule has 114 valence electrons. The number of esters is 1. The van der Waals surface area contributed by atoms with Crippen molar-refractivity contribution in [2.24, 2.45) is 5.92 Å². The minimum absolute atomic E-state index is 0.232. The molecule has 4 nitrogen and oxygen atoms in total. The number of ketones is 1. The molecule has 5 heteroatoms. The molecule has 0 saturated carbocycles. The largest absolute Gasteiger partial charge is 0.465 e. The van der Waals surface area contributed by atoms with Gasteiger partial charge in [0, 0.05) is 11.8 Å². The molecular weight excluding hydrogens is 302 g/mol. The molecular formula is C17H16ClNO3. The van der Waals surface area contributed by atoms with E-state index in [2.05, 4.69) is 4.98 Å². The van der Waals surface area contributed by atoms with E-state index in [1.54, 1.807) is 49.5 Å². The fourth-order valence-electron chi connectivity index (χ4n) is 2.09. The molecule has 0 bridgehead atoms. The first kappa shape index (κ1) is 16.2. The number of pyridine rings is 1. The number of rotatable bonds is 6. The molecule has 1 heterocycles. The second-order valence-corrected chi connectivity index (χ2v) is 5.12. The zero-order valence-electron chi connectivity index (χ0n) is 12.2. The van der Waals surface area contributed by atoms with Crippen LogP contribution in [-0.2, 0) is 16.0 Å². The second-order valence-electron chi connectivity index (χ2n) is 4.73. The van der Waals surface area contributed by atoms with Gasteiger partial charge < -0.3 is 4.74 Å². The van der Waals surface area contributed by atoms with Crippen molar-refractivity contribution in [2.45, 2.75) is 13.3 Å². The molecule has 0 saturated heterocycles. The standard InChI is InChI=1S/C17H16ClNO3/c1-2-22-17(21)14(10-12-8-9-15(18)19-11-12)16(20)13-6-4-3-5-7-13/h3-9,11,14H,2,10H2,1H3/t14-/m1/s1. The van der Waals surface area contributed by atoms with Crippen molar-refractivity contribution in [1.29, 1.82) is 0 Å². The monoisotopic (exact) mass is 317 g/mol. The van der Waals surface area contributed by atoms with E-state index < -0.39 is 11.9 Å². The lowest BCUT2D eigenvalue weighted by Crippen LogP contribution is -2.28. The van der Waals surface area contributed by atoms with Gasteiger partial charge in [-0.1, -0.05) is 48.0 Å². The third-order valence-electron chi connectivity index (χ3n) is 3.17. The molecule has 2 aromatic rings. The molecule has 0 unspecified atom stereocenters. The minimum Gasteiger partial charge on any atom is -0.465 e. The van der Waals surface area contributed by atoms with Crippen LogP contribution in [-0.4, -0.2) is 23.3 Å². The van der Waals surface area contributed by atoms with Gasteiger partial charge in [-0.3, -0.25) is 9.59 Å². The van der Waals surface area contributed by atoms with Crippen molar-refractivity contribution in [1.82, 2.24) is 4.98 Å². The lowest BCUT2D eigenvalue weighted by molar-refractivity contribution is -0.146. The first-order chi connectivity index (χ1) is 10.6. The Bertz CT molecular complexity index is 641. The number of hydrogen-bond acceptors (Lipinski definition) is 4. The molecule has 1 atom stereocenters. The number of benzene rings is 1. The Morgan fingerprint density at radius 3 is 2.50 bits per heavy atom. The van der Waals surface area contributed by atoms with Gasteiger partial charge in [0.25, 0.3) is 0 Å². The number of carbonyl (C=O) groups is 2. The van der Waals surface area contributed by atoms with Crippen LogP contribution >= 0.6 is 11.6 Å². The lowest BCUT2D eigenvalue weighted by Gasteiger charge is -2.14. The van der Waals surface area contributed by atoms with E-state index in [1.165, 1.54) is 0 Å². The van der Waals surface area contributed by atoms with Crippen LogP contribution in [0, 0.1) is 5.92 Å². The van der Waals surface area contributed by atoms with Gasteiger partial charge in [0.1, 0.15) is 11.1 Å². The van der Waals surface area contributed by atoms with Crippen LogP contribution in [0.15, 0.2) is 48.7 Å². The molecule has 0 aliphatic heterocycles. The van der Waals surface area contributed by atoms with Gasteiger partial charge in [-0.15, -0.1) is 0 Å². The zero-order chi connectivity index (χ0) is 15.9. The zero-order valence-corrected chi connectivity index (χ0v) is 12.9. The summed E-state index contributed by atoms with van der Waals surface area (Å²) >= 11 is 5.75. The SMILES string of the molecule is CCOC(=O)[C@H](Cc1ccc(Cl)nc1)C(=O)c1ccccc1. The molecule has 0 amide bonds. The van der Waals surface area contributed by atoms with Gasteiger partial charge in [-0.25, -0.2) is 4.98 Å². The fourth-order valence-corrected chi connectivity index (χ4v) is 2.20. The highest BCUT2D eigenvalue weighted by Crippen LogP contribution is 2.17. The molecule has 1 aromatic carbocycles. The van der Waals surface area contributed by atoms with Gasteiger partial charge >= 0.3 is 5.97 Å². The van der Waals surface area contributed by atoms with Gasteiger partial charge in [-0.05, 0) is 25.0 Å². The van der Waals surface area contributed by atoms with E-state index in [4.69, 9.17) is 16.3 Å². The van der Waals surface area contributed by atoms with Crippen LogP contribution in [0.5, 0.6) is 0 Å². The average molecular weight is 318 g/mol. The summed E-state index contributed by atoms with van der Waals surface area (Å²) in [5.41, 5.74) is 1.24. The van der Waals surface area contributed by atoms with E-state index in [-0.39, 0.29) is 18.8 Å². The molecule has 22 heavy (non-hydrogen) atoms. The summed E-state index contributed by atoms with van der Waals surface area (Å²) in [6.45, 7) is 1.95. The highest BCUT2D eigenvalue weighted by Gasteiger charge is 2.29.